The number of ether oxygens (including phenoxy) is 1. The standard InChI is InChI=1S/C10H10N2O3/c1-14-8-4-2-3-6(9(8)13)7-5-12-15-10(7)11/h2-5,13H,11H2,1H3. The van der Waals surface area contributed by atoms with Crippen LogP contribution in [0.25, 0.3) is 11.1 Å². The van der Waals surface area contributed by atoms with Gasteiger partial charge in [0.1, 0.15) is 0 Å². The Kier molecular flexibility index (Phi) is 2.21. The fourth-order valence-corrected chi connectivity index (χ4v) is 1.36. The summed E-state index contributed by atoms with van der Waals surface area (Å²) >= 11 is 0. The fraction of sp³-hybridized carbons (Fsp3) is 0.100. The molecule has 1 aromatic heterocycles. The van der Waals surface area contributed by atoms with Crippen molar-refractivity contribution in [2.24, 2.45) is 0 Å². The highest BCUT2D eigenvalue weighted by Gasteiger charge is 2.14. The molecule has 5 heteroatoms. The third kappa shape index (κ3) is 1.48. The maximum Gasteiger partial charge on any atom is 0.230 e. The Bertz CT molecular complexity index is 479. The predicted octanol–water partition coefficient (Wildman–Crippen LogP) is 1.64. The molecule has 0 spiro atoms. The molecule has 2 rings (SSSR count). The molecule has 1 aromatic carbocycles. The summed E-state index contributed by atoms with van der Waals surface area (Å²) in [5, 5.41) is 13.4. The SMILES string of the molecule is COc1cccc(-c2cnoc2N)c1O. The predicted molar refractivity (Wildman–Crippen MR) is 54.6 cm³/mol. The highest BCUT2D eigenvalue weighted by atomic mass is 16.5. The van der Waals surface area contributed by atoms with Crippen LogP contribution in [0.2, 0.25) is 0 Å². The van der Waals surface area contributed by atoms with Crippen LogP contribution in [0.5, 0.6) is 11.5 Å². The van der Waals surface area contributed by atoms with Crippen molar-refractivity contribution in [3.8, 4) is 22.6 Å². The minimum atomic E-state index is 0.0231. The van der Waals surface area contributed by atoms with Gasteiger partial charge in [0.05, 0.1) is 18.9 Å². The summed E-state index contributed by atoms with van der Waals surface area (Å²) in [5.41, 5.74) is 6.63. The molecule has 15 heavy (non-hydrogen) atoms. The second-order valence-electron chi connectivity index (χ2n) is 2.96. The molecular weight excluding hydrogens is 196 g/mol. The molecule has 0 aliphatic heterocycles. The van der Waals surface area contributed by atoms with Crippen LogP contribution in [0.4, 0.5) is 5.88 Å². The number of aromatic hydroxyl groups is 1. The van der Waals surface area contributed by atoms with Crippen LogP contribution in [0.15, 0.2) is 28.9 Å². The number of nitrogen functional groups attached to an aromatic ring is 1. The molecule has 0 aliphatic carbocycles. The molecule has 0 amide bonds. The maximum absolute atomic E-state index is 9.84. The number of benzene rings is 1. The lowest BCUT2D eigenvalue weighted by molar-refractivity contribution is 0.374. The van der Waals surface area contributed by atoms with E-state index in [1.165, 1.54) is 13.3 Å². The molecule has 5 nitrogen and oxygen atoms in total. The van der Waals surface area contributed by atoms with E-state index in [0.717, 1.165) is 0 Å². The van der Waals surface area contributed by atoms with E-state index in [2.05, 4.69) is 5.16 Å². The highest BCUT2D eigenvalue weighted by molar-refractivity contribution is 5.78. The van der Waals surface area contributed by atoms with Gasteiger partial charge in [0.15, 0.2) is 11.5 Å². The van der Waals surface area contributed by atoms with Crippen molar-refractivity contribution < 1.29 is 14.4 Å². The van der Waals surface area contributed by atoms with E-state index in [1.807, 2.05) is 0 Å². The third-order valence-electron chi connectivity index (χ3n) is 2.11. The topological polar surface area (TPSA) is 81.5 Å². The van der Waals surface area contributed by atoms with E-state index in [0.29, 0.717) is 16.9 Å². The van der Waals surface area contributed by atoms with Gasteiger partial charge in [-0.3, -0.25) is 0 Å². The number of hydrogen-bond donors (Lipinski definition) is 2. The molecule has 0 aliphatic rings. The zero-order valence-electron chi connectivity index (χ0n) is 8.10. The monoisotopic (exact) mass is 206 g/mol. The summed E-state index contributed by atoms with van der Waals surface area (Å²) in [6.07, 6.45) is 1.45. The van der Waals surface area contributed by atoms with Gasteiger partial charge in [-0.15, -0.1) is 0 Å². The van der Waals surface area contributed by atoms with Crippen molar-refractivity contribution in [1.29, 1.82) is 0 Å². The van der Waals surface area contributed by atoms with E-state index < -0.39 is 0 Å². The Labute approximate surface area is 86.1 Å². The average Bonchev–Trinajstić information content (AvgIpc) is 2.65. The second-order valence-corrected chi connectivity index (χ2v) is 2.96. The van der Waals surface area contributed by atoms with Gasteiger partial charge in [0.2, 0.25) is 5.88 Å². The molecule has 2 aromatic rings. The number of hydrogen-bond acceptors (Lipinski definition) is 5. The van der Waals surface area contributed by atoms with Gasteiger partial charge < -0.3 is 20.1 Å². The number of anilines is 1. The zero-order chi connectivity index (χ0) is 10.8. The molecule has 3 N–H and O–H groups in total. The lowest BCUT2D eigenvalue weighted by Gasteiger charge is -2.06. The number of methoxy groups -OCH3 is 1. The number of para-hydroxylation sites is 1. The summed E-state index contributed by atoms with van der Waals surface area (Å²) in [7, 11) is 1.48. The Hall–Kier alpha value is -2.17. The Balaban J connectivity index is 2.59. The van der Waals surface area contributed by atoms with Crippen LogP contribution in [0.3, 0.4) is 0 Å². The largest absolute Gasteiger partial charge is 0.504 e. The normalized spacial score (nSPS) is 10.2. The molecule has 0 saturated carbocycles. The number of phenolic OH excluding ortho intramolecular Hbond substituents is 1. The third-order valence-corrected chi connectivity index (χ3v) is 2.11. The first-order valence-corrected chi connectivity index (χ1v) is 4.30. The summed E-state index contributed by atoms with van der Waals surface area (Å²) in [6.45, 7) is 0. The van der Waals surface area contributed by atoms with Crippen LogP contribution >= 0.6 is 0 Å². The summed E-state index contributed by atoms with van der Waals surface area (Å²) in [4.78, 5) is 0. The lowest BCUT2D eigenvalue weighted by atomic mass is 10.1. The van der Waals surface area contributed by atoms with E-state index >= 15 is 0 Å². The number of phenols is 1. The van der Waals surface area contributed by atoms with Crippen LogP contribution in [-0.4, -0.2) is 17.4 Å². The second kappa shape index (κ2) is 3.53. The number of rotatable bonds is 2. The summed E-state index contributed by atoms with van der Waals surface area (Å²) < 4.78 is 9.70. The highest BCUT2D eigenvalue weighted by Crippen LogP contribution is 2.38. The van der Waals surface area contributed by atoms with Crippen LogP contribution < -0.4 is 10.5 Å². The molecule has 0 atom stereocenters. The molecule has 0 saturated heterocycles. The molecule has 0 radical (unpaired) electrons. The van der Waals surface area contributed by atoms with Gasteiger partial charge in [0, 0.05) is 5.56 Å². The first-order chi connectivity index (χ1) is 7.24. The summed E-state index contributed by atoms with van der Waals surface area (Å²) in [6, 6.07) is 5.11. The minimum Gasteiger partial charge on any atom is -0.504 e. The Morgan fingerprint density at radius 2 is 2.20 bits per heavy atom. The maximum atomic E-state index is 9.84. The average molecular weight is 206 g/mol. The zero-order valence-corrected chi connectivity index (χ0v) is 8.10. The first-order valence-electron chi connectivity index (χ1n) is 4.30. The van der Waals surface area contributed by atoms with Crippen LogP contribution in [0.1, 0.15) is 0 Å². The van der Waals surface area contributed by atoms with Gasteiger partial charge in [-0.05, 0) is 6.07 Å². The first kappa shape index (κ1) is 9.39. The van der Waals surface area contributed by atoms with Crippen molar-refractivity contribution in [3.63, 3.8) is 0 Å². The van der Waals surface area contributed by atoms with Gasteiger partial charge in [-0.25, -0.2) is 0 Å². The van der Waals surface area contributed by atoms with E-state index in [1.54, 1.807) is 18.2 Å². The van der Waals surface area contributed by atoms with Gasteiger partial charge in [-0.2, -0.15) is 0 Å². The Morgan fingerprint density at radius 3 is 2.80 bits per heavy atom. The number of nitrogens with two attached hydrogens (primary N) is 1. The van der Waals surface area contributed by atoms with Crippen LogP contribution in [0, 0.1) is 0 Å². The number of aromatic nitrogens is 1. The van der Waals surface area contributed by atoms with E-state index in [9.17, 15) is 5.11 Å². The molecule has 0 fully saturated rings. The lowest BCUT2D eigenvalue weighted by Crippen LogP contribution is -1.88. The molecule has 78 valence electrons. The van der Waals surface area contributed by atoms with Gasteiger partial charge >= 0.3 is 0 Å². The molecule has 0 unspecified atom stereocenters. The molecular formula is C10H10N2O3. The molecule has 0 bridgehead atoms. The minimum absolute atomic E-state index is 0.0231. The summed E-state index contributed by atoms with van der Waals surface area (Å²) in [5.74, 6) is 0.571. The fourth-order valence-electron chi connectivity index (χ4n) is 1.36. The van der Waals surface area contributed by atoms with Crippen molar-refractivity contribution in [1.82, 2.24) is 5.16 Å². The van der Waals surface area contributed by atoms with E-state index in [4.69, 9.17) is 15.0 Å². The van der Waals surface area contributed by atoms with Crippen molar-refractivity contribution >= 4 is 5.88 Å². The Morgan fingerprint density at radius 1 is 1.40 bits per heavy atom. The van der Waals surface area contributed by atoms with Crippen molar-refractivity contribution in [3.05, 3.63) is 24.4 Å². The van der Waals surface area contributed by atoms with Gasteiger partial charge in [0.25, 0.3) is 0 Å². The van der Waals surface area contributed by atoms with Crippen LogP contribution in [-0.2, 0) is 0 Å². The van der Waals surface area contributed by atoms with Crippen molar-refractivity contribution in [2.45, 2.75) is 0 Å². The van der Waals surface area contributed by atoms with E-state index in [-0.39, 0.29) is 11.6 Å². The van der Waals surface area contributed by atoms with Gasteiger partial charge in [-0.1, -0.05) is 17.3 Å². The smallest absolute Gasteiger partial charge is 0.230 e. The molecule has 1 heterocycles. The quantitative estimate of drug-likeness (QED) is 0.780. The number of nitrogens with zero attached hydrogens (tertiary/aromatic N) is 1. The van der Waals surface area contributed by atoms with Crippen molar-refractivity contribution in [2.75, 3.05) is 12.8 Å².